The third-order valence-corrected chi connectivity index (χ3v) is 7.73. The first-order valence-electron chi connectivity index (χ1n) is 11.5. The predicted molar refractivity (Wildman–Crippen MR) is 124 cm³/mol. The molecule has 6 heteroatoms. The molecule has 0 bridgehead atoms. The standard InChI is InChI=1S/C24H36N4OS/c1-17(2)10-11-20(26-24(29)25-18-8-4-5-9-18)22-19-12-15-27(3)16-21(19)30-23(22)28-13-6-7-14-28/h6-7,13-14,17-18,20H,4-5,8-12,15-16H2,1-3H3,(H2,25,26,29). The van der Waals surface area contributed by atoms with Crippen LogP contribution in [0.4, 0.5) is 4.79 Å². The summed E-state index contributed by atoms with van der Waals surface area (Å²) in [5.74, 6) is 0.614. The fraction of sp³-hybridized carbons (Fsp3) is 0.625. The van der Waals surface area contributed by atoms with Crippen LogP contribution in [0.3, 0.4) is 0 Å². The Hall–Kier alpha value is -1.79. The minimum Gasteiger partial charge on any atom is -0.335 e. The molecule has 2 N–H and O–H groups in total. The normalized spacial score (nSPS) is 18.5. The number of nitrogens with zero attached hydrogens (tertiary/aromatic N) is 2. The summed E-state index contributed by atoms with van der Waals surface area (Å²) in [5, 5.41) is 7.91. The van der Waals surface area contributed by atoms with Gasteiger partial charge in [0, 0.05) is 42.0 Å². The molecule has 2 amide bonds. The first-order chi connectivity index (χ1) is 14.5. The van der Waals surface area contributed by atoms with E-state index < -0.39 is 0 Å². The van der Waals surface area contributed by atoms with E-state index in [1.807, 2.05) is 11.3 Å². The molecule has 1 atom stereocenters. The van der Waals surface area contributed by atoms with Crippen molar-refractivity contribution in [3.8, 4) is 5.00 Å². The van der Waals surface area contributed by atoms with Crippen molar-refractivity contribution < 1.29 is 4.79 Å². The zero-order chi connectivity index (χ0) is 21.1. The van der Waals surface area contributed by atoms with Gasteiger partial charge in [-0.2, -0.15) is 0 Å². The van der Waals surface area contributed by atoms with E-state index in [0.717, 1.165) is 45.2 Å². The first-order valence-corrected chi connectivity index (χ1v) is 12.4. The molecule has 2 aromatic heterocycles. The Morgan fingerprint density at radius 3 is 2.63 bits per heavy atom. The highest BCUT2D eigenvalue weighted by atomic mass is 32.1. The van der Waals surface area contributed by atoms with Gasteiger partial charge in [0.2, 0.25) is 0 Å². The quantitative estimate of drug-likeness (QED) is 0.633. The van der Waals surface area contributed by atoms with Gasteiger partial charge in [0.05, 0.1) is 6.04 Å². The number of urea groups is 1. The number of carbonyl (C=O) groups excluding carboxylic acids is 1. The average molecular weight is 429 g/mol. The highest BCUT2D eigenvalue weighted by molar-refractivity contribution is 7.15. The van der Waals surface area contributed by atoms with Gasteiger partial charge in [0.15, 0.2) is 0 Å². The van der Waals surface area contributed by atoms with Gasteiger partial charge >= 0.3 is 6.03 Å². The number of fused-ring (bicyclic) bond motifs is 1. The lowest BCUT2D eigenvalue weighted by molar-refractivity contribution is 0.231. The van der Waals surface area contributed by atoms with Crippen molar-refractivity contribution in [2.75, 3.05) is 13.6 Å². The largest absolute Gasteiger partial charge is 0.335 e. The average Bonchev–Trinajstić information content (AvgIpc) is 3.45. The summed E-state index contributed by atoms with van der Waals surface area (Å²) in [6.45, 7) is 6.60. The van der Waals surface area contributed by atoms with E-state index in [-0.39, 0.29) is 12.1 Å². The minimum atomic E-state index is 0.00184. The highest BCUT2D eigenvalue weighted by Crippen LogP contribution is 2.40. The molecule has 1 aliphatic carbocycles. The van der Waals surface area contributed by atoms with Gasteiger partial charge in [-0.1, -0.05) is 26.7 Å². The molecular weight excluding hydrogens is 392 g/mol. The number of thiophene rings is 1. The Labute approximate surface area is 184 Å². The second-order valence-corrected chi connectivity index (χ2v) is 10.5. The van der Waals surface area contributed by atoms with Gasteiger partial charge < -0.3 is 20.1 Å². The number of carbonyl (C=O) groups is 1. The lowest BCUT2D eigenvalue weighted by Gasteiger charge is -2.27. The van der Waals surface area contributed by atoms with Crippen LogP contribution in [0.2, 0.25) is 0 Å². The topological polar surface area (TPSA) is 49.3 Å². The van der Waals surface area contributed by atoms with Gasteiger partial charge in [-0.05, 0) is 62.8 Å². The molecule has 1 saturated carbocycles. The van der Waals surface area contributed by atoms with E-state index >= 15 is 0 Å². The lowest BCUT2D eigenvalue weighted by atomic mass is 9.92. The summed E-state index contributed by atoms with van der Waals surface area (Å²) in [4.78, 5) is 16.8. The van der Waals surface area contributed by atoms with Crippen LogP contribution in [0.1, 0.15) is 74.4 Å². The van der Waals surface area contributed by atoms with Gasteiger partial charge in [-0.25, -0.2) is 4.79 Å². The molecule has 30 heavy (non-hydrogen) atoms. The van der Waals surface area contributed by atoms with Crippen molar-refractivity contribution in [2.24, 2.45) is 5.92 Å². The Morgan fingerprint density at radius 1 is 1.20 bits per heavy atom. The number of rotatable bonds is 7. The fourth-order valence-electron chi connectivity index (χ4n) is 4.81. The van der Waals surface area contributed by atoms with Crippen LogP contribution in [0.5, 0.6) is 0 Å². The third-order valence-electron chi connectivity index (χ3n) is 6.48. The van der Waals surface area contributed by atoms with Crippen molar-refractivity contribution in [3.63, 3.8) is 0 Å². The zero-order valence-electron chi connectivity index (χ0n) is 18.6. The molecule has 4 rings (SSSR count). The van der Waals surface area contributed by atoms with E-state index in [9.17, 15) is 4.79 Å². The van der Waals surface area contributed by atoms with Crippen LogP contribution < -0.4 is 10.6 Å². The molecule has 0 spiro atoms. The van der Waals surface area contributed by atoms with E-state index in [4.69, 9.17) is 0 Å². The van der Waals surface area contributed by atoms with Crippen LogP contribution in [0, 0.1) is 5.92 Å². The van der Waals surface area contributed by atoms with Gasteiger partial charge in [0.25, 0.3) is 0 Å². The Bertz CT molecular complexity index is 836. The van der Waals surface area contributed by atoms with Crippen LogP contribution in [0.25, 0.3) is 5.00 Å². The second kappa shape index (κ2) is 9.56. The van der Waals surface area contributed by atoms with E-state index in [1.54, 1.807) is 0 Å². The summed E-state index contributed by atoms with van der Waals surface area (Å²) < 4.78 is 2.23. The van der Waals surface area contributed by atoms with E-state index in [2.05, 4.69) is 65.5 Å². The van der Waals surface area contributed by atoms with Crippen LogP contribution in [-0.2, 0) is 13.0 Å². The number of hydrogen-bond donors (Lipinski definition) is 2. The second-order valence-electron chi connectivity index (χ2n) is 9.42. The number of aromatic nitrogens is 1. The maximum atomic E-state index is 12.9. The van der Waals surface area contributed by atoms with Crippen molar-refractivity contribution >= 4 is 17.4 Å². The molecule has 1 unspecified atom stereocenters. The smallest absolute Gasteiger partial charge is 0.315 e. The molecule has 2 aliphatic rings. The summed E-state index contributed by atoms with van der Waals surface area (Å²) >= 11 is 1.90. The first kappa shape index (κ1) is 21.4. The fourth-order valence-corrected chi connectivity index (χ4v) is 6.26. The van der Waals surface area contributed by atoms with Crippen molar-refractivity contribution in [1.29, 1.82) is 0 Å². The van der Waals surface area contributed by atoms with Crippen molar-refractivity contribution in [1.82, 2.24) is 20.1 Å². The summed E-state index contributed by atoms with van der Waals surface area (Å²) in [6.07, 6.45) is 12.1. The molecule has 0 aromatic carbocycles. The van der Waals surface area contributed by atoms with Crippen molar-refractivity contribution in [3.05, 3.63) is 40.5 Å². The number of likely N-dealkylation sites (N-methyl/N-ethyl adjacent to an activating group) is 1. The van der Waals surface area contributed by atoms with Gasteiger partial charge in [-0.15, -0.1) is 11.3 Å². The molecule has 0 radical (unpaired) electrons. The van der Waals surface area contributed by atoms with Crippen molar-refractivity contribution in [2.45, 2.75) is 77.4 Å². The Kier molecular flexibility index (Phi) is 6.84. The predicted octanol–water partition coefficient (Wildman–Crippen LogP) is 5.25. The minimum absolute atomic E-state index is 0.00184. The molecule has 1 aliphatic heterocycles. The van der Waals surface area contributed by atoms with E-state index in [1.165, 1.54) is 33.8 Å². The molecule has 2 aromatic rings. The highest BCUT2D eigenvalue weighted by Gasteiger charge is 2.30. The maximum absolute atomic E-state index is 12.9. The summed E-state index contributed by atoms with van der Waals surface area (Å²) in [6, 6.07) is 4.55. The Morgan fingerprint density at radius 2 is 1.93 bits per heavy atom. The van der Waals surface area contributed by atoms with Crippen LogP contribution in [-0.4, -0.2) is 35.1 Å². The van der Waals surface area contributed by atoms with E-state index in [0.29, 0.717) is 12.0 Å². The monoisotopic (exact) mass is 428 g/mol. The molecule has 3 heterocycles. The maximum Gasteiger partial charge on any atom is 0.315 e. The SMILES string of the molecule is CC(C)CCC(NC(=O)NC1CCCC1)c1c(-n2cccc2)sc2c1CCN(C)C2. The summed E-state index contributed by atoms with van der Waals surface area (Å²) in [5.41, 5.74) is 2.82. The lowest BCUT2D eigenvalue weighted by Crippen LogP contribution is -2.43. The zero-order valence-corrected chi connectivity index (χ0v) is 19.4. The van der Waals surface area contributed by atoms with Crippen LogP contribution >= 0.6 is 11.3 Å². The molecule has 5 nitrogen and oxygen atoms in total. The summed E-state index contributed by atoms with van der Waals surface area (Å²) in [7, 11) is 2.20. The van der Waals surface area contributed by atoms with Crippen LogP contribution in [0.15, 0.2) is 24.5 Å². The molecule has 164 valence electrons. The molecule has 0 saturated heterocycles. The third kappa shape index (κ3) is 4.92. The number of amides is 2. The number of nitrogens with one attached hydrogen (secondary N) is 2. The molecular formula is C24H36N4OS. The molecule has 1 fully saturated rings. The Balaban J connectivity index is 1.65. The van der Waals surface area contributed by atoms with Gasteiger partial charge in [0.1, 0.15) is 5.00 Å². The van der Waals surface area contributed by atoms with Gasteiger partial charge in [-0.3, -0.25) is 0 Å². The number of hydrogen-bond acceptors (Lipinski definition) is 3.